The number of hydrogen-bond acceptors (Lipinski definition) is 3. The maximum atomic E-state index is 5.68. The van der Waals surface area contributed by atoms with Gasteiger partial charge >= 0.3 is 0 Å². The van der Waals surface area contributed by atoms with Crippen molar-refractivity contribution in [2.45, 2.75) is 43.8 Å². The van der Waals surface area contributed by atoms with E-state index in [2.05, 4.69) is 40.1 Å². The van der Waals surface area contributed by atoms with Gasteiger partial charge in [-0.3, -0.25) is 9.80 Å². The highest BCUT2D eigenvalue weighted by atomic mass is 16.5. The van der Waals surface area contributed by atoms with Crippen LogP contribution in [0.3, 0.4) is 0 Å². The van der Waals surface area contributed by atoms with Crippen LogP contribution in [0.1, 0.15) is 37.3 Å². The van der Waals surface area contributed by atoms with Crippen molar-refractivity contribution >= 4 is 0 Å². The van der Waals surface area contributed by atoms with Gasteiger partial charge in [0.2, 0.25) is 0 Å². The van der Waals surface area contributed by atoms with E-state index in [4.69, 9.17) is 4.74 Å². The summed E-state index contributed by atoms with van der Waals surface area (Å²) in [6.07, 6.45) is 5.37. The van der Waals surface area contributed by atoms with Gasteiger partial charge in [-0.15, -0.1) is 0 Å². The summed E-state index contributed by atoms with van der Waals surface area (Å²) in [4.78, 5) is 5.50. The Morgan fingerprint density at radius 2 is 1.86 bits per heavy atom. The molecule has 3 fully saturated rings. The zero-order valence-electron chi connectivity index (χ0n) is 12.8. The molecule has 0 aromatic heterocycles. The molecule has 3 aliphatic heterocycles. The summed E-state index contributed by atoms with van der Waals surface area (Å²) in [5, 5.41) is 0. The minimum absolute atomic E-state index is 0.548. The van der Waals surface area contributed by atoms with Crippen LogP contribution in [0.4, 0.5) is 0 Å². The van der Waals surface area contributed by atoms with Crippen LogP contribution in [-0.4, -0.2) is 54.7 Å². The molecule has 0 aliphatic carbocycles. The van der Waals surface area contributed by atoms with Crippen molar-refractivity contribution in [3.63, 3.8) is 0 Å². The minimum atomic E-state index is 0.548. The molecular weight excluding hydrogens is 260 g/mol. The summed E-state index contributed by atoms with van der Waals surface area (Å²) in [5.74, 6) is 0. The molecule has 3 nitrogen and oxygen atoms in total. The van der Waals surface area contributed by atoms with Crippen LogP contribution < -0.4 is 0 Å². The van der Waals surface area contributed by atoms with E-state index in [1.54, 1.807) is 0 Å². The average molecular weight is 286 g/mol. The van der Waals surface area contributed by atoms with Crippen molar-refractivity contribution < 1.29 is 4.74 Å². The van der Waals surface area contributed by atoms with Crippen molar-refractivity contribution in [2.24, 2.45) is 0 Å². The van der Waals surface area contributed by atoms with Gasteiger partial charge in [-0.05, 0) is 31.4 Å². The van der Waals surface area contributed by atoms with E-state index in [0.717, 1.165) is 19.3 Å². The Hall–Kier alpha value is -0.900. The number of piperidine rings is 1. The first-order chi connectivity index (χ1) is 10.4. The highest BCUT2D eigenvalue weighted by Gasteiger charge is 2.39. The molecule has 0 amide bonds. The van der Waals surface area contributed by atoms with Gasteiger partial charge in [-0.2, -0.15) is 0 Å². The van der Waals surface area contributed by atoms with Crippen LogP contribution in [0.5, 0.6) is 0 Å². The highest BCUT2D eigenvalue weighted by Crippen LogP contribution is 2.34. The lowest BCUT2D eigenvalue weighted by molar-refractivity contribution is -0.0171. The van der Waals surface area contributed by atoms with E-state index >= 15 is 0 Å². The molecule has 0 saturated carbocycles. The zero-order chi connectivity index (χ0) is 14.1. The SMILES string of the molecule is c1ccc(C2CN3CCCCC3CN2C2CCOC2)cc1. The molecule has 114 valence electrons. The Balaban J connectivity index is 1.60. The molecule has 21 heavy (non-hydrogen) atoms. The molecule has 0 spiro atoms. The number of rotatable bonds is 2. The smallest absolute Gasteiger partial charge is 0.0622 e. The number of nitrogens with zero attached hydrogens (tertiary/aromatic N) is 2. The fourth-order valence-electron chi connectivity index (χ4n) is 4.36. The maximum absolute atomic E-state index is 5.68. The van der Waals surface area contributed by atoms with Gasteiger partial charge in [0, 0.05) is 37.8 Å². The van der Waals surface area contributed by atoms with Crippen LogP contribution in [0.2, 0.25) is 0 Å². The monoisotopic (exact) mass is 286 g/mol. The van der Waals surface area contributed by atoms with Crippen molar-refractivity contribution in [3.8, 4) is 0 Å². The lowest BCUT2D eigenvalue weighted by Crippen LogP contribution is -2.58. The molecule has 3 heteroatoms. The van der Waals surface area contributed by atoms with Crippen molar-refractivity contribution in [2.75, 3.05) is 32.8 Å². The summed E-state index contributed by atoms with van der Waals surface area (Å²) in [5.41, 5.74) is 1.48. The van der Waals surface area contributed by atoms with Crippen molar-refractivity contribution in [3.05, 3.63) is 35.9 Å². The first-order valence-electron chi connectivity index (χ1n) is 8.54. The fraction of sp³-hybridized carbons (Fsp3) is 0.667. The third-order valence-electron chi connectivity index (χ3n) is 5.54. The molecule has 0 N–H and O–H groups in total. The van der Waals surface area contributed by atoms with E-state index in [1.165, 1.54) is 50.9 Å². The quantitative estimate of drug-likeness (QED) is 0.831. The van der Waals surface area contributed by atoms with Gasteiger partial charge in [0.25, 0.3) is 0 Å². The Morgan fingerprint density at radius 1 is 0.952 bits per heavy atom. The molecule has 1 aromatic carbocycles. The van der Waals surface area contributed by atoms with E-state index < -0.39 is 0 Å². The summed E-state index contributed by atoms with van der Waals surface area (Å²) in [6, 6.07) is 13.0. The third kappa shape index (κ3) is 2.75. The van der Waals surface area contributed by atoms with Gasteiger partial charge < -0.3 is 4.74 Å². The second-order valence-electron chi connectivity index (χ2n) is 6.79. The van der Waals surface area contributed by atoms with E-state index in [-0.39, 0.29) is 0 Å². The molecule has 1 aromatic rings. The van der Waals surface area contributed by atoms with E-state index in [0.29, 0.717) is 12.1 Å². The number of fused-ring (bicyclic) bond motifs is 1. The first kappa shape index (κ1) is 13.7. The largest absolute Gasteiger partial charge is 0.380 e. The van der Waals surface area contributed by atoms with Gasteiger partial charge in [0.05, 0.1) is 6.61 Å². The third-order valence-corrected chi connectivity index (χ3v) is 5.54. The van der Waals surface area contributed by atoms with Crippen LogP contribution in [0.15, 0.2) is 30.3 Å². The Labute approximate surface area is 127 Å². The molecule has 0 radical (unpaired) electrons. The summed E-state index contributed by atoms with van der Waals surface area (Å²) in [6.45, 7) is 5.59. The number of benzene rings is 1. The van der Waals surface area contributed by atoms with Crippen LogP contribution in [0, 0.1) is 0 Å². The predicted molar refractivity (Wildman–Crippen MR) is 84.3 cm³/mol. The van der Waals surface area contributed by atoms with Crippen molar-refractivity contribution in [1.29, 1.82) is 0 Å². The molecule has 3 unspecified atom stereocenters. The maximum Gasteiger partial charge on any atom is 0.0622 e. The highest BCUT2D eigenvalue weighted by molar-refractivity contribution is 5.21. The number of hydrogen-bond donors (Lipinski definition) is 0. The minimum Gasteiger partial charge on any atom is -0.380 e. The van der Waals surface area contributed by atoms with Gasteiger partial charge in [-0.1, -0.05) is 36.8 Å². The number of ether oxygens (including phenoxy) is 1. The Bertz CT molecular complexity index is 458. The van der Waals surface area contributed by atoms with Crippen LogP contribution >= 0.6 is 0 Å². The second-order valence-corrected chi connectivity index (χ2v) is 6.79. The Kier molecular flexibility index (Phi) is 3.97. The normalized spacial score (nSPS) is 34.8. The van der Waals surface area contributed by atoms with E-state index in [1.807, 2.05) is 0 Å². The zero-order valence-corrected chi connectivity index (χ0v) is 12.8. The fourth-order valence-corrected chi connectivity index (χ4v) is 4.36. The molecule has 3 heterocycles. The summed E-state index contributed by atoms with van der Waals surface area (Å²) >= 11 is 0. The summed E-state index contributed by atoms with van der Waals surface area (Å²) in [7, 11) is 0. The summed E-state index contributed by atoms with van der Waals surface area (Å²) < 4.78 is 5.68. The molecule has 0 bridgehead atoms. The van der Waals surface area contributed by atoms with Gasteiger partial charge in [0.15, 0.2) is 0 Å². The average Bonchev–Trinajstić information content (AvgIpc) is 3.09. The number of piperazine rings is 1. The Morgan fingerprint density at radius 3 is 2.67 bits per heavy atom. The topological polar surface area (TPSA) is 15.7 Å². The standard InChI is InChI=1S/C18H26N2O/c1-2-6-15(7-3-1)18-13-19-10-5-4-8-16(19)12-20(18)17-9-11-21-14-17/h1-3,6-7,16-18H,4-5,8-14H2. The first-order valence-corrected chi connectivity index (χ1v) is 8.54. The van der Waals surface area contributed by atoms with Gasteiger partial charge in [0.1, 0.15) is 0 Å². The van der Waals surface area contributed by atoms with Crippen LogP contribution in [0.25, 0.3) is 0 Å². The molecule has 3 atom stereocenters. The lowest BCUT2D eigenvalue weighted by Gasteiger charge is -2.50. The molecule has 4 rings (SSSR count). The van der Waals surface area contributed by atoms with Crippen LogP contribution in [-0.2, 0) is 4.74 Å². The van der Waals surface area contributed by atoms with Gasteiger partial charge in [-0.25, -0.2) is 0 Å². The molecular formula is C18H26N2O. The second kappa shape index (κ2) is 6.07. The lowest BCUT2D eigenvalue weighted by atomic mass is 9.92. The molecule has 3 saturated heterocycles. The predicted octanol–water partition coefficient (Wildman–Crippen LogP) is 2.69. The van der Waals surface area contributed by atoms with E-state index in [9.17, 15) is 0 Å². The van der Waals surface area contributed by atoms with Crippen molar-refractivity contribution in [1.82, 2.24) is 9.80 Å². The molecule has 3 aliphatic rings.